The smallest absolute Gasteiger partial charge is 0.409 e. The van der Waals surface area contributed by atoms with Crippen molar-refractivity contribution in [2.45, 2.75) is 71.0 Å². The number of aliphatic carboxylic acids is 1. The summed E-state index contributed by atoms with van der Waals surface area (Å²) in [5, 5.41) is 17.7. The number of rotatable bonds is 10. The van der Waals surface area contributed by atoms with Crippen molar-refractivity contribution in [3.05, 3.63) is 23.5 Å². The maximum absolute atomic E-state index is 12.4. The largest absolute Gasteiger partial charge is 0.488 e. The summed E-state index contributed by atoms with van der Waals surface area (Å²) in [6, 6.07) is 3.69. The topological polar surface area (TPSA) is 120 Å². The van der Waals surface area contributed by atoms with E-state index in [9.17, 15) is 14.7 Å². The lowest BCUT2D eigenvalue weighted by molar-refractivity contribution is -0.143. The van der Waals surface area contributed by atoms with E-state index in [0.29, 0.717) is 48.6 Å². The molecule has 2 aromatic heterocycles. The molecule has 10 nitrogen and oxygen atoms in total. The number of hydrogen-bond donors (Lipinski definition) is 1. The first-order chi connectivity index (χ1) is 16.9. The summed E-state index contributed by atoms with van der Waals surface area (Å²) < 4.78 is 13.3. The molecule has 0 unspecified atom stereocenters. The molecule has 0 saturated heterocycles. The molecule has 0 aromatic carbocycles. The van der Waals surface area contributed by atoms with Crippen LogP contribution < -0.4 is 4.74 Å². The Morgan fingerprint density at radius 2 is 2.03 bits per heavy atom. The van der Waals surface area contributed by atoms with Gasteiger partial charge in [-0.1, -0.05) is 25.0 Å². The first kappa shape index (κ1) is 24.9. The summed E-state index contributed by atoms with van der Waals surface area (Å²) in [5.41, 5.74) is 2.62. The van der Waals surface area contributed by atoms with Gasteiger partial charge in [0.05, 0.1) is 23.4 Å². The second kappa shape index (κ2) is 11.0. The van der Waals surface area contributed by atoms with Crippen LogP contribution in [0.5, 0.6) is 5.75 Å². The number of carbonyl (C=O) groups excluding carboxylic acids is 1. The van der Waals surface area contributed by atoms with Gasteiger partial charge in [0.25, 0.3) is 0 Å². The molecular weight excluding hydrogens is 450 g/mol. The third-order valence-electron chi connectivity index (χ3n) is 6.94. The van der Waals surface area contributed by atoms with Crippen LogP contribution in [0, 0.1) is 11.8 Å². The van der Waals surface area contributed by atoms with Crippen molar-refractivity contribution in [2.24, 2.45) is 18.9 Å². The normalized spacial score (nSPS) is 19.9. The summed E-state index contributed by atoms with van der Waals surface area (Å²) in [6.07, 6.45) is 6.56. The molecule has 35 heavy (non-hydrogen) atoms. The summed E-state index contributed by atoms with van der Waals surface area (Å²) in [6.45, 7) is 2.74. The average molecular weight is 486 g/mol. The van der Waals surface area contributed by atoms with Gasteiger partial charge in [0.2, 0.25) is 0 Å². The minimum Gasteiger partial charge on any atom is -0.488 e. The van der Waals surface area contributed by atoms with Crippen LogP contribution in [0.15, 0.2) is 12.1 Å². The van der Waals surface area contributed by atoms with Crippen LogP contribution in [0.2, 0.25) is 0 Å². The van der Waals surface area contributed by atoms with Crippen molar-refractivity contribution in [1.82, 2.24) is 24.9 Å². The molecule has 190 valence electrons. The van der Waals surface area contributed by atoms with Crippen LogP contribution in [0.4, 0.5) is 4.79 Å². The van der Waals surface area contributed by atoms with Crippen LogP contribution >= 0.6 is 0 Å². The van der Waals surface area contributed by atoms with E-state index >= 15 is 0 Å². The van der Waals surface area contributed by atoms with Gasteiger partial charge in [-0.05, 0) is 56.6 Å². The molecule has 2 atom stereocenters. The predicted octanol–water partition coefficient (Wildman–Crippen LogP) is 3.83. The molecule has 1 N–H and O–H groups in total. The zero-order valence-electron chi connectivity index (χ0n) is 20.8. The summed E-state index contributed by atoms with van der Waals surface area (Å²) in [4.78, 5) is 30.2. The molecule has 4 rings (SSSR count). The number of aryl methyl sites for hydroxylation is 2. The van der Waals surface area contributed by atoms with Gasteiger partial charge in [0.15, 0.2) is 0 Å². The Kier molecular flexibility index (Phi) is 7.87. The molecule has 2 aliphatic rings. The lowest BCUT2D eigenvalue weighted by Crippen LogP contribution is -2.29. The van der Waals surface area contributed by atoms with Crippen LogP contribution in [0.3, 0.4) is 0 Å². The van der Waals surface area contributed by atoms with Crippen LogP contribution in [0.1, 0.15) is 63.3 Å². The number of carbonyl (C=O) groups is 2. The maximum atomic E-state index is 12.4. The SMILES string of the molecule is CCc1nc(-c2nnn(C)c2COC(=O)N(C)CCC2CC2)ccc1O[C@H]1CCC[C@H](C(=O)O)C1. The Morgan fingerprint density at radius 1 is 1.23 bits per heavy atom. The highest BCUT2D eigenvalue weighted by Gasteiger charge is 2.29. The van der Waals surface area contributed by atoms with E-state index in [-0.39, 0.29) is 24.7 Å². The molecule has 0 radical (unpaired) electrons. The third kappa shape index (κ3) is 6.29. The van der Waals surface area contributed by atoms with Gasteiger partial charge < -0.3 is 19.5 Å². The van der Waals surface area contributed by atoms with Crippen molar-refractivity contribution in [3.63, 3.8) is 0 Å². The number of carboxylic acids is 1. The molecule has 2 fully saturated rings. The molecule has 0 bridgehead atoms. The predicted molar refractivity (Wildman–Crippen MR) is 128 cm³/mol. The van der Waals surface area contributed by atoms with Crippen LogP contribution in [-0.4, -0.2) is 61.7 Å². The molecular formula is C25H35N5O5. The number of amides is 1. The van der Waals surface area contributed by atoms with Gasteiger partial charge in [0, 0.05) is 20.6 Å². The standard InChI is InChI=1S/C25H35N5O5/c1-4-19-22(35-18-7-5-6-17(14-18)24(31)32)11-10-20(26-19)23-21(30(3)28-27-23)15-34-25(33)29(2)13-12-16-8-9-16/h10-11,16-18H,4-9,12-15H2,1-3H3,(H,31,32)/t17-,18-/m0/s1. The molecule has 2 saturated carbocycles. The Hall–Kier alpha value is -3.17. The summed E-state index contributed by atoms with van der Waals surface area (Å²) in [7, 11) is 3.52. The van der Waals surface area contributed by atoms with E-state index < -0.39 is 5.97 Å². The van der Waals surface area contributed by atoms with E-state index in [1.807, 2.05) is 19.1 Å². The van der Waals surface area contributed by atoms with Gasteiger partial charge in [-0.3, -0.25) is 4.79 Å². The second-order valence-corrected chi connectivity index (χ2v) is 9.65. The highest BCUT2D eigenvalue weighted by molar-refractivity contribution is 5.70. The van der Waals surface area contributed by atoms with Crippen molar-refractivity contribution in [2.75, 3.05) is 13.6 Å². The highest BCUT2D eigenvalue weighted by atomic mass is 16.6. The fourth-order valence-corrected chi connectivity index (χ4v) is 4.49. The Morgan fingerprint density at radius 3 is 2.74 bits per heavy atom. The van der Waals surface area contributed by atoms with Gasteiger partial charge in [-0.2, -0.15) is 0 Å². The second-order valence-electron chi connectivity index (χ2n) is 9.65. The zero-order chi connectivity index (χ0) is 24.9. The molecule has 2 aliphatic carbocycles. The van der Waals surface area contributed by atoms with Gasteiger partial charge in [-0.25, -0.2) is 14.5 Å². The fourth-order valence-electron chi connectivity index (χ4n) is 4.49. The third-order valence-corrected chi connectivity index (χ3v) is 6.94. The molecule has 0 spiro atoms. The van der Waals surface area contributed by atoms with Crippen LogP contribution in [-0.2, 0) is 29.6 Å². The lowest BCUT2D eigenvalue weighted by atomic mass is 9.87. The lowest BCUT2D eigenvalue weighted by Gasteiger charge is -2.28. The maximum Gasteiger partial charge on any atom is 0.409 e. The van der Waals surface area contributed by atoms with Crippen molar-refractivity contribution in [1.29, 1.82) is 0 Å². The first-order valence-corrected chi connectivity index (χ1v) is 12.5. The number of hydrogen-bond acceptors (Lipinski definition) is 7. The molecule has 10 heteroatoms. The minimum absolute atomic E-state index is 0.0471. The first-order valence-electron chi connectivity index (χ1n) is 12.5. The monoisotopic (exact) mass is 485 g/mol. The molecule has 2 heterocycles. The van der Waals surface area contributed by atoms with E-state index in [1.54, 1.807) is 23.7 Å². The number of nitrogens with zero attached hydrogens (tertiary/aromatic N) is 5. The number of ether oxygens (including phenoxy) is 2. The van der Waals surface area contributed by atoms with E-state index in [2.05, 4.69) is 10.3 Å². The number of pyridine rings is 1. The van der Waals surface area contributed by atoms with Crippen molar-refractivity contribution < 1.29 is 24.2 Å². The van der Waals surface area contributed by atoms with E-state index in [1.165, 1.54) is 12.8 Å². The number of aromatic nitrogens is 4. The summed E-state index contributed by atoms with van der Waals surface area (Å²) >= 11 is 0. The molecule has 0 aliphatic heterocycles. The zero-order valence-corrected chi connectivity index (χ0v) is 20.8. The highest BCUT2D eigenvalue weighted by Crippen LogP contribution is 2.33. The van der Waals surface area contributed by atoms with Crippen molar-refractivity contribution >= 4 is 12.1 Å². The minimum atomic E-state index is -0.757. The van der Waals surface area contributed by atoms with Crippen molar-refractivity contribution in [3.8, 4) is 17.1 Å². The Balaban J connectivity index is 1.43. The van der Waals surface area contributed by atoms with Gasteiger partial charge in [-0.15, -0.1) is 5.10 Å². The molecule has 1 amide bonds. The Labute approximate surface area is 205 Å². The van der Waals surface area contributed by atoms with Gasteiger partial charge >= 0.3 is 12.1 Å². The van der Waals surface area contributed by atoms with E-state index in [0.717, 1.165) is 30.9 Å². The molecule has 2 aromatic rings. The van der Waals surface area contributed by atoms with E-state index in [4.69, 9.17) is 14.5 Å². The summed E-state index contributed by atoms with van der Waals surface area (Å²) in [5.74, 6) is 0.304. The average Bonchev–Trinajstić information content (AvgIpc) is 3.62. The fraction of sp³-hybridized carbons (Fsp3) is 0.640. The Bertz CT molecular complexity index is 1050. The number of carboxylic acid groups (broad SMARTS) is 1. The van der Waals surface area contributed by atoms with Gasteiger partial charge in [0.1, 0.15) is 23.7 Å². The van der Waals surface area contributed by atoms with Crippen LogP contribution in [0.25, 0.3) is 11.4 Å². The quantitative estimate of drug-likeness (QED) is 0.539.